The predicted octanol–water partition coefficient (Wildman–Crippen LogP) is 1.86. The number of nitrogens with two attached hydrogens (primary N) is 1. The van der Waals surface area contributed by atoms with E-state index in [-0.39, 0.29) is 17.2 Å². The average molecular weight is 283 g/mol. The molecule has 3 N–H and O–H groups in total. The minimum Gasteiger partial charge on any atom is -0.465 e. The molecule has 0 unspecified atom stereocenters. The number of halogens is 1. The zero-order chi connectivity index (χ0) is 14.4. The molecule has 5 nitrogen and oxygen atoms in total. The number of nitrogen functional groups attached to an aromatic ring is 1. The van der Waals surface area contributed by atoms with E-state index in [1.54, 1.807) is 18.2 Å². The largest absolute Gasteiger partial charge is 0.465 e. The Bertz CT molecular complexity index is 527. The Labute approximate surface area is 116 Å². The molecule has 0 bridgehead atoms. The van der Waals surface area contributed by atoms with E-state index in [4.69, 9.17) is 17.3 Å². The molecule has 1 rings (SSSR count). The minimum absolute atomic E-state index is 0.122. The average Bonchev–Trinajstić information content (AvgIpc) is 2.35. The Kier molecular flexibility index (Phi) is 5.38. The highest BCUT2D eigenvalue weighted by Gasteiger charge is 2.12. The molecule has 0 saturated carbocycles. The second-order valence-corrected chi connectivity index (χ2v) is 4.20. The Morgan fingerprint density at radius 2 is 2.16 bits per heavy atom. The standard InChI is InChI=1S/C13H15ClN2O3/c1-8(17)16-5-3-4-9-6-10(13(18)19-2)12(15)7-11(9)14/h3-4,6-7H,5,15H2,1-2H3,(H,16,17). The molecule has 0 radical (unpaired) electrons. The third-order valence-corrected chi connectivity index (χ3v) is 2.67. The van der Waals surface area contributed by atoms with Crippen molar-refractivity contribution in [2.24, 2.45) is 0 Å². The first-order valence-electron chi connectivity index (χ1n) is 5.54. The van der Waals surface area contributed by atoms with Gasteiger partial charge in [0.25, 0.3) is 0 Å². The highest BCUT2D eigenvalue weighted by Crippen LogP contribution is 2.25. The van der Waals surface area contributed by atoms with Crippen molar-refractivity contribution in [3.05, 3.63) is 34.4 Å². The summed E-state index contributed by atoms with van der Waals surface area (Å²) in [7, 11) is 1.28. The first-order valence-corrected chi connectivity index (χ1v) is 5.91. The number of hydrogen-bond acceptors (Lipinski definition) is 4. The molecular weight excluding hydrogens is 268 g/mol. The maximum atomic E-state index is 11.5. The molecule has 1 amide bonds. The van der Waals surface area contributed by atoms with Gasteiger partial charge in [0.05, 0.1) is 12.7 Å². The van der Waals surface area contributed by atoms with Crippen LogP contribution in [-0.2, 0) is 9.53 Å². The number of esters is 1. The summed E-state index contributed by atoms with van der Waals surface area (Å²) in [6.07, 6.45) is 3.42. The molecule has 0 heterocycles. The summed E-state index contributed by atoms with van der Waals surface area (Å²) in [5, 5.41) is 3.03. The summed E-state index contributed by atoms with van der Waals surface area (Å²) < 4.78 is 4.63. The Morgan fingerprint density at radius 3 is 2.74 bits per heavy atom. The summed E-state index contributed by atoms with van der Waals surface area (Å²) in [6.45, 7) is 1.81. The Balaban J connectivity index is 2.95. The molecule has 6 heteroatoms. The summed E-state index contributed by atoms with van der Waals surface area (Å²) >= 11 is 6.02. The number of methoxy groups -OCH3 is 1. The molecule has 0 spiro atoms. The molecule has 102 valence electrons. The monoisotopic (exact) mass is 282 g/mol. The second-order valence-electron chi connectivity index (χ2n) is 3.79. The lowest BCUT2D eigenvalue weighted by Gasteiger charge is -2.07. The van der Waals surface area contributed by atoms with Crippen molar-refractivity contribution in [1.29, 1.82) is 0 Å². The Morgan fingerprint density at radius 1 is 1.47 bits per heavy atom. The molecule has 1 aromatic carbocycles. The lowest BCUT2D eigenvalue weighted by atomic mass is 10.1. The van der Waals surface area contributed by atoms with E-state index in [0.29, 0.717) is 17.1 Å². The maximum absolute atomic E-state index is 11.5. The Hall–Kier alpha value is -2.01. The highest BCUT2D eigenvalue weighted by atomic mass is 35.5. The fraction of sp³-hybridized carbons (Fsp3) is 0.231. The van der Waals surface area contributed by atoms with Crippen LogP contribution < -0.4 is 11.1 Å². The van der Waals surface area contributed by atoms with Crippen molar-refractivity contribution in [2.45, 2.75) is 6.92 Å². The van der Waals surface area contributed by atoms with Gasteiger partial charge in [0.2, 0.25) is 5.91 Å². The van der Waals surface area contributed by atoms with E-state index < -0.39 is 5.97 Å². The van der Waals surface area contributed by atoms with Gasteiger partial charge in [0.15, 0.2) is 0 Å². The molecule has 0 saturated heterocycles. The van der Waals surface area contributed by atoms with Gasteiger partial charge in [-0.15, -0.1) is 0 Å². The molecule has 19 heavy (non-hydrogen) atoms. The summed E-state index contributed by atoms with van der Waals surface area (Å²) in [6, 6.07) is 3.04. The van der Waals surface area contributed by atoms with Crippen LogP contribution in [0.5, 0.6) is 0 Å². The van der Waals surface area contributed by atoms with Crippen molar-refractivity contribution in [2.75, 3.05) is 19.4 Å². The van der Waals surface area contributed by atoms with Crippen LogP contribution in [0.1, 0.15) is 22.8 Å². The van der Waals surface area contributed by atoms with Crippen LogP contribution in [-0.4, -0.2) is 25.5 Å². The fourth-order valence-corrected chi connectivity index (χ4v) is 1.64. The molecule has 0 aliphatic rings. The molecular formula is C13H15ClN2O3. The van der Waals surface area contributed by atoms with Crippen LogP contribution in [0.25, 0.3) is 6.08 Å². The van der Waals surface area contributed by atoms with E-state index in [2.05, 4.69) is 10.1 Å². The normalized spacial score (nSPS) is 10.5. The van der Waals surface area contributed by atoms with Gasteiger partial charge in [-0.1, -0.05) is 23.8 Å². The number of benzene rings is 1. The minimum atomic E-state index is -0.523. The van der Waals surface area contributed by atoms with Gasteiger partial charge in [-0.05, 0) is 17.7 Å². The van der Waals surface area contributed by atoms with Crippen LogP contribution in [0.3, 0.4) is 0 Å². The van der Waals surface area contributed by atoms with Crippen molar-refractivity contribution < 1.29 is 14.3 Å². The topological polar surface area (TPSA) is 81.4 Å². The third kappa shape index (κ3) is 4.30. The number of ether oxygens (including phenoxy) is 1. The van der Waals surface area contributed by atoms with E-state index in [1.807, 2.05) is 0 Å². The van der Waals surface area contributed by atoms with Crippen LogP contribution in [0.2, 0.25) is 5.02 Å². The summed E-state index contributed by atoms with van der Waals surface area (Å²) in [5.74, 6) is -0.644. The zero-order valence-electron chi connectivity index (χ0n) is 10.7. The third-order valence-electron chi connectivity index (χ3n) is 2.34. The number of carbonyl (C=O) groups is 2. The quantitative estimate of drug-likeness (QED) is 0.652. The summed E-state index contributed by atoms with van der Waals surface area (Å²) in [5.41, 5.74) is 6.84. The first kappa shape index (κ1) is 15.0. The number of anilines is 1. The van der Waals surface area contributed by atoms with E-state index in [9.17, 15) is 9.59 Å². The van der Waals surface area contributed by atoms with Crippen LogP contribution in [0.15, 0.2) is 18.2 Å². The molecule has 0 fully saturated rings. The van der Waals surface area contributed by atoms with Gasteiger partial charge in [0.1, 0.15) is 0 Å². The predicted molar refractivity (Wildman–Crippen MR) is 74.9 cm³/mol. The number of hydrogen-bond donors (Lipinski definition) is 2. The lowest BCUT2D eigenvalue weighted by Crippen LogP contribution is -2.19. The second kappa shape index (κ2) is 6.80. The van der Waals surface area contributed by atoms with Gasteiger partial charge in [-0.25, -0.2) is 4.79 Å². The van der Waals surface area contributed by atoms with Gasteiger partial charge >= 0.3 is 5.97 Å². The molecule has 0 aliphatic heterocycles. The van der Waals surface area contributed by atoms with Crippen LogP contribution >= 0.6 is 11.6 Å². The molecule has 0 aliphatic carbocycles. The lowest BCUT2D eigenvalue weighted by molar-refractivity contribution is -0.118. The number of amides is 1. The van der Waals surface area contributed by atoms with Gasteiger partial charge in [-0.2, -0.15) is 0 Å². The molecule has 1 aromatic rings. The van der Waals surface area contributed by atoms with Crippen molar-refractivity contribution in [3.8, 4) is 0 Å². The SMILES string of the molecule is COC(=O)c1cc(C=CCNC(C)=O)c(Cl)cc1N. The van der Waals surface area contributed by atoms with Crippen LogP contribution in [0.4, 0.5) is 5.69 Å². The van der Waals surface area contributed by atoms with Gasteiger partial charge in [0, 0.05) is 24.2 Å². The molecule has 0 aromatic heterocycles. The van der Waals surface area contributed by atoms with E-state index in [1.165, 1.54) is 20.1 Å². The maximum Gasteiger partial charge on any atom is 0.339 e. The van der Waals surface area contributed by atoms with Gasteiger partial charge in [-0.3, -0.25) is 4.79 Å². The smallest absolute Gasteiger partial charge is 0.339 e. The van der Waals surface area contributed by atoms with Gasteiger partial charge < -0.3 is 15.8 Å². The fourth-order valence-electron chi connectivity index (χ4n) is 1.41. The number of rotatable bonds is 4. The first-order chi connectivity index (χ1) is 8.95. The van der Waals surface area contributed by atoms with E-state index >= 15 is 0 Å². The highest BCUT2D eigenvalue weighted by molar-refractivity contribution is 6.32. The number of carbonyl (C=O) groups excluding carboxylic acids is 2. The van der Waals surface area contributed by atoms with Crippen molar-refractivity contribution in [3.63, 3.8) is 0 Å². The van der Waals surface area contributed by atoms with E-state index in [0.717, 1.165) is 0 Å². The van der Waals surface area contributed by atoms with Crippen molar-refractivity contribution >= 4 is 35.2 Å². The summed E-state index contributed by atoms with van der Waals surface area (Å²) in [4.78, 5) is 22.2. The zero-order valence-corrected chi connectivity index (χ0v) is 11.5. The van der Waals surface area contributed by atoms with Crippen molar-refractivity contribution in [1.82, 2.24) is 5.32 Å². The van der Waals surface area contributed by atoms with Crippen LogP contribution in [0, 0.1) is 0 Å². The molecule has 0 atom stereocenters. The number of nitrogens with one attached hydrogen (secondary N) is 1.